The van der Waals surface area contributed by atoms with Crippen LogP contribution in [0.4, 0.5) is 0 Å². The van der Waals surface area contributed by atoms with Gasteiger partial charge in [-0.15, -0.1) is 0 Å². The molecule has 0 saturated heterocycles. The maximum absolute atomic E-state index is 10.2. The van der Waals surface area contributed by atoms with E-state index in [1.165, 1.54) is 0 Å². The van der Waals surface area contributed by atoms with Crippen LogP contribution >= 0.6 is 11.8 Å². The molecule has 4 heteroatoms. The van der Waals surface area contributed by atoms with Crippen molar-refractivity contribution in [1.29, 1.82) is 0 Å². The van der Waals surface area contributed by atoms with Crippen molar-refractivity contribution in [3.8, 4) is 0 Å². The van der Waals surface area contributed by atoms with E-state index in [4.69, 9.17) is 11.5 Å². The van der Waals surface area contributed by atoms with E-state index < -0.39 is 11.9 Å². The molecule has 1 radical (unpaired) electrons. The molecule has 9 heavy (non-hydrogen) atoms. The predicted octanol–water partition coefficient (Wildman–Crippen LogP) is -0.124. The molecule has 0 aliphatic rings. The average Bonchev–Trinajstić information content (AvgIpc) is 1.82. The topological polar surface area (TPSA) is 66.9 Å². The molecule has 0 bridgehead atoms. The molecule has 1 amide bonds. The number of carbonyl (C=O) groups excluding carboxylic acids is 1. The number of hydrogen-bond acceptors (Lipinski definition) is 3. The highest BCUT2D eigenvalue weighted by Gasteiger charge is 2.07. The van der Waals surface area contributed by atoms with Gasteiger partial charge in [0.1, 0.15) is 0 Å². The number of rotatable bonds is 4. The van der Waals surface area contributed by atoms with Crippen LogP contribution in [0.2, 0.25) is 0 Å². The molecular weight excluding hydrogens is 136 g/mol. The molecule has 0 rings (SSSR count). The smallest absolute Gasteiger partial charge is 0.256 e. The normalized spacial score (nSPS) is 13.1. The summed E-state index contributed by atoms with van der Waals surface area (Å²) in [4.78, 5) is 10.2. The van der Waals surface area contributed by atoms with Crippen LogP contribution in [-0.4, -0.2) is 23.5 Å². The molecule has 0 aromatic rings. The number of carbonyl (C=O) groups is 1. The Balaban J connectivity index is 3.27. The van der Waals surface area contributed by atoms with Gasteiger partial charge in [-0.25, -0.2) is 0 Å². The summed E-state index contributed by atoms with van der Waals surface area (Å²) in [5.41, 5.74) is 11.8. The summed E-state index contributed by atoms with van der Waals surface area (Å²) in [5, 5.41) is 0. The van der Waals surface area contributed by atoms with E-state index in [1.54, 1.807) is 11.8 Å². The van der Waals surface area contributed by atoms with Crippen LogP contribution in [0, 0.1) is 0 Å². The molecule has 1 atom stereocenters. The standard InChI is InChI=1S/C5H11N2OS/c1-2-9-3-4(6)5(7)8/h4,7H,2-3,6H2,1H3. The second-order valence-electron chi connectivity index (χ2n) is 1.63. The highest BCUT2D eigenvalue weighted by Crippen LogP contribution is 1.99. The van der Waals surface area contributed by atoms with Crippen LogP contribution in [0.15, 0.2) is 0 Å². The second-order valence-corrected chi connectivity index (χ2v) is 2.95. The fourth-order valence-electron chi connectivity index (χ4n) is 0.321. The van der Waals surface area contributed by atoms with Gasteiger partial charge in [0.15, 0.2) is 0 Å². The van der Waals surface area contributed by atoms with E-state index >= 15 is 0 Å². The third kappa shape index (κ3) is 4.29. The SMILES string of the molecule is CCSCC(N)C([NH])=O. The predicted molar refractivity (Wildman–Crippen MR) is 39.1 cm³/mol. The zero-order valence-electron chi connectivity index (χ0n) is 5.39. The lowest BCUT2D eigenvalue weighted by Crippen LogP contribution is -2.33. The van der Waals surface area contributed by atoms with Crippen molar-refractivity contribution in [2.75, 3.05) is 11.5 Å². The summed E-state index contributed by atoms with van der Waals surface area (Å²) >= 11 is 1.58. The van der Waals surface area contributed by atoms with Gasteiger partial charge >= 0.3 is 0 Å². The molecule has 0 fully saturated rings. The maximum Gasteiger partial charge on any atom is 0.256 e. The molecule has 0 heterocycles. The van der Waals surface area contributed by atoms with E-state index in [0.717, 1.165) is 5.75 Å². The Morgan fingerprint density at radius 2 is 2.44 bits per heavy atom. The first-order chi connectivity index (χ1) is 4.18. The van der Waals surface area contributed by atoms with Crippen molar-refractivity contribution >= 4 is 17.7 Å². The molecule has 0 spiro atoms. The van der Waals surface area contributed by atoms with E-state index in [-0.39, 0.29) is 0 Å². The summed E-state index contributed by atoms with van der Waals surface area (Å²) in [6.45, 7) is 1.99. The van der Waals surface area contributed by atoms with Gasteiger partial charge in [0.25, 0.3) is 5.91 Å². The summed E-state index contributed by atoms with van der Waals surface area (Å²) in [7, 11) is 0. The van der Waals surface area contributed by atoms with Gasteiger partial charge in [-0.1, -0.05) is 6.92 Å². The molecule has 0 aromatic carbocycles. The monoisotopic (exact) mass is 147 g/mol. The lowest BCUT2D eigenvalue weighted by molar-refractivity contribution is -0.119. The number of nitrogens with one attached hydrogen (secondary N) is 1. The van der Waals surface area contributed by atoms with Crippen LogP contribution in [0.1, 0.15) is 6.92 Å². The first-order valence-corrected chi connectivity index (χ1v) is 3.92. The van der Waals surface area contributed by atoms with E-state index in [0.29, 0.717) is 5.75 Å². The average molecular weight is 147 g/mol. The largest absolute Gasteiger partial charge is 0.319 e. The molecule has 0 saturated carbocycles. The van der Waals surface area contributed by atoms with Crippen LogP contribution in [-0.2, 0) is 4.79 Å². The second kappa shape index (κ2) is 4.64. The first kappa shape index (κ1) is 8.78. The number of nitrogens with two attached hydrogens (primary N) is 1. The quantitative estimate of drug-likeness (QED) is 0.602. The summed E-state index contributed by atoms with van der Waals surface area (Å²) in [6, 6.07) is -0.588. The molecule has 1 unspecified atom stereocenters. The number of thioether (sulfide) groups is 1. The Morgan fingerprint density at radius 3 is 2.78 bits per heavy atom. The van der Waals surface area contributed by atoms with E-state index in [2.05, 4.69) is 0 Å². The van der Waals surface area contributed by atoms with Gasteiger partial charge in [-0.05, 0) is 5.75 Å². The van der Waals surface area contributed by atoms with Crippen molar-refractivity contribution in [2.45, 2.75) is 13.0 Å². The van der Waals surface area contributed by atoms with Crippen molar-refractivity contribution in [1.82, 2.24) is 5.73 Å². The summed E-state index contributed by atoms with van der Waals surface area (Å²) in [6.07, 6.45) is 0. The van der Waals surface area contributed by atoms with Crippen molar-refractivity contribution in [3.63, 3.8) is 0 Å². The van der Waals surface area contributed by atoms with Gasteiger partial charge in [-0.3, -0.25) is 10.5 Å². The maximum atomic E-state index is 10.2. The lowest BCUT2D eigenvalue weighted by Gasteiger charge is -2.02. The number of hydrogen-bond donors (Lipinski definition) is 1. The third-order valence-corrected chi connectivity index (χ3v) is 1.84. The third-order valence-electron chi connectivity index (χ3n) is 0.838. The minimum absolute atomic E-state index is 0.568. The summed E-state index contributed by atoms with van der Waals surface area (Å²) in [5.74, 6) is 0.843. The molecule has 3 nitrogen and oxygen atoms in total. The van der Waals surface area contributed by atoms with Crippen LogP contribution in [0.3, 0.4) is 0 Å². The molecule has 0 aromatic heterocycles. The highest BCUT2D eigenvalue weighted by atomic mass is 32.2. The fraction of sp³-hybridized carbons (Fsp3) is 0.800. The van der Waals surface area contributed by atoms with Crippen molar-refractivity contribution in [3.05, 3.63) is 0 Å². The summed E-state index contributed by atoms with van der Waals surface area (Å²) < 4.78 is 0. The fourth-order valence-corrected chi connectivity index (χ4v) is 0.962. The first-order valence-electron chi connectivity index (χ1n) is 2.77. The molecular formula is C5H11N2OS. The van der Waals surface area contributed by atoms with Gasteiger partial charge < -0.3 is 5.73 Å². The van der Waals surface area contributed by atoms with Gasteiger partial charge in [-0.2, -0.15) is 11.8 Å². The van der Waals surface area contributed by atoms with E-state index in [1.807, 2.05) is 6.92 Å². The molecule has 3 N–H and O–H groups in total. The Hall–Kier alpha value is -0.220. The lowest BCUT2D eigenvalue weighted by atomic mass is 10.3. The van der Waals surface area contributed by atoms with Crippen LogP contribution < -0.4 is 11.5 Å². The van der Waals surface area contributed by atoms with Crippen LogP contribution in [0.5, 0.6) is 0 Å². The minimum Gasteiger partial charge on any atom is -0.319 e. The highest BCUT2D eigenvalue weighted by molar-refractivity contribution is 7.99. The Bertz CT molecular complexity index is 97.0. The molecule has 0 aliphatic carbocycles. The van der Waals surface area contributed by atoms with Gasteiger partial charge in [0.05, 0.1) is 6.04 Å². The van der Waals surface area contributed by atoms with Crippen molar-refractivity contribution < 1.29 is 4.79 Å². The molecule has 0 aliphatic heterocycles. The van der Waals surface area contributed by atoms with Gasteiger partial charge in [0.2, 0.25) is 0 Å². The molecule has 53 valence electrons. The Labute approximate surface area is 59.2 Å². The minimum atomic E-state index is -0.670. The Morgan fingerprint density at radius 1 is 1.89 bits per heavy atom. The van der Waals surface area contributed by atoms with Crippen molar-refractivity contribution in [2.24, 2.45) is 5.73 Å². The zero-order valence-corrected chi connectivity index (χ0v) is 6.20. The number of amides is 1. The van der Waals surface area contributed by atoms with E-state index in [9.17, 15) is 4.79 Å². The zero-order chi connectivity index (χ0) is 7.28. The van der Waals surface area contributed by atoms with Gasteiger partial charge in [0, 0.05) is 5.75 Å². The Kier molecular flexibility index (Phi) is 4.53. The van der Waals surface area contributed by atoms with Crippen LogP contribution in [0.25, 0.3) is 0 Å².